The maximum absolute atomic E-state index is 12.2. The Balaban J connectivity index is 2.00. The minimum Gasteiger partial charge on any atom is -0.350 e. The second-order valence-electron chi connectivity index (χ2n) is 6.30. The van der Waals surface area contributed by atoms with E-state index >= 15 is 0 Å². The molecule has 0 aliphatic rings. The topological polar surface area (TPSA) is 110 Å². The standard InChI is InChI=1S/C19H23N3O4S/c1-22(2)18(23)13-27(25,26)16-10-8-15(9-11-16)19(24)21-12-17(20)14-6-4-3-5-7-14/h3-11,17H,12-13,20H2,1-2H3,(H,21,24). The van der Waals surface area contributed by atoms with Gasteiger partial charge in [0.1, 0.15) is 5.75 Å². The molecule has 0 saturated heterocycles. The SMILES string of the molecule is CN(C)C(=O)CS(=O)(=O)c1ccc(C(=O)NCC(N)c2ccccc2)cc1. The molecular weight excluding hydrogens is 366 g/mol. The first kappa shape index (κ1) is 20.6. The summed E-state index contributed by atoms with van der Waals surface area (Å²) in [6.45, 7) is 0.250. The number of nitrogens with zero attached hydrogens (tertiary/aromatic N) is 1. The van der Waals surface area contributed by atoms with E-state index in [1.165, 1.54) is 43.3 Å². The molecule has 0 spiro atoms. The number of nitrogens with one attached hydrogen (secondary N) is 1. The van der Waals surface area contributed by atoms with Gasteiger partial charge in [-0.1, -0.05) is 30.3 Å². The summed E-state index contributed by atoms with van der Waals surface area (Å²) in [6.07, 6.45) is 0. The van der Waals surface area contributed by atoms with Crippen molar-refractivity contribution < 1.29 is 18.0 Å². The van der Waals surface area contributed by atoms with E-state index in [1.54, 1.807) is 0 Å². The van der Waals surface area contributed by atoms with E-state index in [2.05, 4.69) is 5.32 Å². The maximum Gasteiger partial charge on any atom is 0.251 e. The van der Waals surface area contributed by atoms with Gasteiger partial charge in [-0.15, -0.1) is 0 Å². The number of carbonyl (C=O) groups excluding carboxylic acids is 2. The Morgan fingerprint density at radius 3 is 2.19 bits per heavy atom. The molecule has 2 rings (SSSR count). The van der Waals surface area contributed by atoms with Gasteiger partial charge < -0.3 is 16.0 Å². The zero-order valence-corrected chi connectivity index (χ0v) is 16.1. The van der Waals surface area contributed by atoms with Crippen LogP contribution in [-0.2, 0) is 14.6 Å². The normalized spacial score (nSPS) is 12.3. The zero-order valence-electron chi connectivity index (χ0n) is 15.3. The van der Waals surface area contributed by atoms with E-state index < -0.39 is 21.5 Å². The first-order valence-corrected chi connectivity index (χ1v) is 9.97. The quantitative estimate of drug-likeness (QED) is 0.734. The predicted molar refractivity (Wildman–Crippen MR) is 103 cm³/mol. The lowest BCUT2D eigenvalue weighted by molar-refractivity contribution is -0.125. The van der Waals surface area contributed by atoms with Crippen LogP contribution >= 0.6 is 0 Å². The summed E-state index contributed by atoms with van der Waals surface area (Å²) in [7, 11) is -0.769. The lowest BCUT2D eigenvalue weighted by atomic mass is 10.1. The number of carbonyl (C=O) groups is 2. The van der Waals surface area contributed by atoms with Crippen molar-refractivity contribution in [1.82, 2.24) is 10.2 Å². The third-order valence-corrected chi connectivity index (χ3v) is 5.62. The number of benzene rings is 2. The van der Waals surface area contributed by atoms with Gasteiger partial charge in [0.05, 0.1) is 4.90 Å². The van der Waals surface area contributed by atoms with Crippen LogP contribution < -0.4 is 11.1 Å². The largest absolute Gasteiger partial charge is 0.350 e. The summed E-state index contributed by atoms with van der Waals surface area (Å²) in [4.78, 5) is 25.1. The average molecular weight is 389 g/mol. The van der Waals surface area contributed by atoms with Crippen molar-refractivity contribution >= 4 is 21.7 Å². The summed E-state index contributed by atoms with van der Waals surface area (Å²) >= 11 is 0. The molecule has 2 aromatic rings. The molecule has 8 heteroatoms. The number of nitrogens with two attached hydrogens (primary N) is 1. The van der Waals surface area contributed by atoms with Gasteiger partial charge >= 0.3 is 0 Å². The van der Waals surface area contributed by atoms with Crippen molar-refractivity contribution in [2.75, 3.05) is 26.4 Å². The molecule has 0 saturated carbocycles. The van der Waals surface area contributed by atoms with Crippen molar-refractivity contribution in [3.8, 4) is 0 Å². The number of amides is 2. The molecular formula is C19H23N3O4S. The van der Waals surface area contributed by atoms with Gasteiger partial charge in [-0.25, -0.2) is 8.42 Å². The Kier molecular flexibility index (Phi) is 6.70. The highest BCUT2D eigenvalue weighted by molar-refractivity contribution is 7.92. The van der Waals surface area contributed by atoms with Gasteiger partial charge in [-0.3, -0.25) is 9.59 Å². The summed E-state index contributed by atoms with van der Waals surface area (Å²) in [5.41, 5.74) is 7.26. The lowest BCUT2D eigenvalue weighted by Gasteiger charge is -2.13. The minimum absolute atomic E-state index is 0.00441. The molecule has 0 heterocycles. The highest BCUT2D eigenvalue weighted by atomic mass is 32.2. The number of sulfone groups is 1. The fourth-order valence-electron chi connectivity index (χ4n) is 2.31. The molecule has 0 aliphatic carbocycles. The molecule has 0 aliphatic heterocycles. The van der Waals surface area contributed by atoms with E-state index in [-0.39, 0.29) is 23.4 Å². The smallest absolute Gasteiger partial charge is 0.251 e. The van der Waals surface area contributed by atoms with Gasteiger partial charge in [0.15, 0.2) is 9.84 Å². The second-order valence-corrected chi connectivity index (χ2v) is 8.29. The number of rotatable bonds is 7. The summed E-state index contributed by atoms with van der Waals surface area (Å²) < 4.78 is 24.5. The highest BCUT2D eigenvalue weighted by Gasteiger charge is 2.21. The predicted octanol–water partition coefficient (Wildman–Crippen LogP) is 0.978. The van der Waals surface area contributed by atoms with Crippen LogP contribution in [0.15, 0.2) is 59.5 Å². The summed E-state index contributed by atoms with van der Waals surface area (Å²) in [5.74, 6) is -1.47. The Bertz CT molecular complexity index is 894. The fourth-order valence-corrected chi connectivity index (χ4v) is 3.61. The molecule has 2 aromatic carbocycles. The molecule has 1 atom stereocenters. The van der Waals surface area contributed by atoms with Gasteiger partial charge in [0, 0.05) is 32.2 Å². The zero-order chi connectivity index (χ0) is 20.0. The van der Waals surface area contributed by atoms with Crippen molar-refractivity contribution in [3.63, 3.8) is 0 Å². The average Bonchev–Trinajstić information content (AvgIpc) is 2.66. The van der Waals surface area contributed by atoms with E-state index in [4.69, 9.17) is 5.73 Å². The fraction of sp³-hybridized carbons (Fsp3) is 0.263. The molecule has 7 nitrogen and oxygen atoms in total. The highest BCUT2D eigenvalue weighted by Crippen LogP contribution is 2.14. The van der Waals surface area contributed by atoms with Crippen LogP contribution in [0.5, 0.6) is 0 Å². The molecule has 0 fully saturated rings. The summed E-state index contributed by atoms with van der Waals surface area (Å²) in [5, 5.41) is 2.73. The van der Waals surface area contributed by atoms with Crippen LogP contribution in [0.25, 0.3) is 0 Å². The van der Waals surface area contributed by atoms with Crippen molar-refractivity contribution in [1.29, 1.82) is 0 Å². The first-order chi connectivity index (χ1) is 12.7. The van der Waals surface area contributed by atoms with Gasteiger partial charge in [-0.2, -0.15) is 0 Å². The Hall–Kier alpha value is -2.71. The molecule has 2 amide bonds. The second kappa shape index (κ2) is 8.79. The van der Waals surface area contributed by atoms with Crippen molar-refractivity contribution in [2.24, 2.45) is 5.73 Å². The van der Waals surface area contributed by atoms with E-state index in [0.29, 0.717) is 5.56 Å². The van der Waals surface area contributed by atoms with Crippen LogP contribution in [-0.4, -0.2) is 51.5 Å². The maximum atomic E-state index is 12.2. The third-order valence-electron chi connectivity index (χ3n) is 4.00. The molecule has 0 bridgehead atoms. The van der Waals surface area contributed by atoms with E-state index in [9.17, 15) is 18.0 Å². The molecule has 1 unspecified atom stereocenters. The Morgan fingerprint density at radius 2 is 1.63 bits per heavy atom. The van der Waals surface area contributed by atoms with Gasteiger partial charge in [0.25, 0.3) is 5.91 Å². The molecule has 144 valence electrons. The molecule has 0 radical (unpaired) electrons. The Labute approximate surface area is 159 Å². The van der Waals surface area contributed by atoms with Crippen LogP contribution in [0.4, 0.5) is 0 Å². The van der Waals surface area contributed by atoms with Gasteiger partial charge in [-0.05, 0) is 29.8 Å². The van der Waals surface area contributed by atoms with Crippen LogP contribution in [0.1, 0.15) is 22.0 Å². The summed E-state index contributed by atoms with van der Waals surface area (Å²) in [6, 6.07) is 14.5. The minimum atomic E-state index is -3.75. The van der Waals surface area contributed by atoms with E-state index in [0.717, 1.165) is 5.56 Å². The Morgan fingerprint density at radius 1 is 1.04 bits per heavy atom. The first-order valence-electron chi connectivity index (χ1n) is 8.32. The monoisotopic (exact) mass is 389 g/mol. The van der Waals surface area contributed by atoms with E-state index in [1.807, 2.05) is 30.3 Å². The van der Waals surface area contributed by atoms with Gasteiger partial charge in [0.2, 0.25) is 5.91 Å². The van der Waals surface area contributed by atoms with Crippen molar-refractivity contribution in [3.05, 3.63) is 65.7 Å². The molecule has 27 heavy (non-hydrogen) atoms. The van der Waals surface area contributed by atoms with Crippen LogP contribution in [0.3, 0.4) is 0 Å². The van der Waals surface area contributed by atoms with Crippen molar-refractivity contribution in [2.45, 2.75) is 10.9 Å². The third kappa shape index (κ3) is 5.63. The number of hydrogen-bond donors (Lipinski definition) is 2. The molecule has 0 aromatic heterocycles. The van der Waals surface area contributed by atoms with Crippen LogP contribution in [0, 0.1) is 0 Å². The lowest BCUT2D eigenvalue weighted by Crippen LogP contribution is -2.32. The number of hydrogen-bond acceptors (Lipinski definition) is 5. The molecule has 3 N–H and O–H groups in total. The van der Waals surface area contributed by atoms with Crippen LogP contribution in [0.2, 0.25) is 0 Å².